The number of amides is 1. The summed E-state index contributed by atoms with van der Waals surface area (Å²) >= 11 is 0. The van der Waals surface area contributed by atoms with Crippen LogP contribution in [0.2, 0.25) is 0 Å². The van der Waals surface area contributed by atoms with Gasteiger partial charge in [0.2, 0.25) is 5.91 Å². The molecule has 8 nitrogen and oxygen atoms in total. The number of carbonyl (C=O) groups is 1. The summed E-state index contributed by atoms with van der Waals surface area (Å²) in [6.07, 6.45) is 68.4. The molecule has 0 aromatic carbocycles. The van der Waals surface area contributed by atoms with E-state index in [0.29, 0.717) is 17.4 Å². The Kier molecular flexibility index (Phi) is 51.6. The lowest BCUT2D eigenvalue weighted by molar-refractivity contribution is -0.870. The molecule has 3 unspecified atom stereocenters. The first kappa shape index (κ1) is 68.7. The zero-order chi connectivity index (χ0) is 51.3. The fourth-order valence-corrected chi connectivity index (χ4v) is 9.77. The van der Waals surface area contributed by atoms with Gasteiger partial charge in [-0.15, -0.1) is 0 Å². The number of phosphoric ester groups is 1. The lowest BCUT2D eigenvalue weighted by atomic mass is 10.0. The molecule has 9 heteroatoms. The average Bonchev–Trinajstić information content (AvgIpc) is 3.32. The van der Waals surface area contributed by atoms with Crippen molar-refractivity contribution >= 4 is 13.7 Å². The van der Waals surface area contributed by atoms with Gasteiger partial charge in [-0.3, -0.25) is 9.36 Å². The highest BCUT2D eigenvalue weighted by molar-refractivity contribution is 7.45. The van der Waals surface area contributed by atoms with Crippen molar-refractivity contribution in [2.75, 3.05) is 40.9 Å². The summed E-state index contributed by atoms with van der Waals surface area (Å²) in [6.45, 7) is 4.62. The normalized spacial score (nSPS) is 14.1. The lowest BCUT2D eigenvalue weighted by Gasteiger charge is -2.29. The molecule has 0 aliphatic rings. The van der Waals surface area contributed by atoms with E-state index in [1.54, 1.807) is 6.08 Å². The van der Waals surface area contributed by atoms with Crippen LogP contribution < -0.4 is 10.2 Å². The maximum atomic E-state index is 12.9. The van der Waals surface area contributed by atoms with Crippen molar-refractivity contribution in [2.24, 2.45) is 0 Å². The van der Waals surface area contributed by atoms with Gasteiger partial charge >= 0.3 is 0 Å². The number of nitrogens with zero attached hydrogens (tertiary/aromatic N) is 1. The van der Waals surface area contributed by atoms with Crippen molar-refractivity contribution in [1.82, 2.24) is 5.32 Å². The molecule has 0 radical (unpaired) electrons. The van der Waals surface area contributed by atoms with E-state index in [-0.39, 0.29) is 19.1 Å². The zero-order valence-electron chi connectivity index (χ0n) is 47.2. The Morgan fingerprint density at radius 3 is 1.16 bits per heavy atom. The molecule has 0 bridgehead atoms. The van der Waals surface area contributed by atoms with Gasteiger partial charge in [0.1, 0.15) is 13.2 Å². The summed E-state index contributed by atoms with van der Waals surface area (Å²) in [5.74, 6) is -0.204. The van der Waals surface area contributed by atoms with Gasteiger partial charge in [0.05, 0.1) is 39.9 Å². The topological polar surface area (TPSA) is 108 Å². The standard InChI is InChI=1S/C61H119N2O6P/c1-6-8-10-12-14-16-18-19-20-21-22-23-24-25-26-27-28-29-30-31-32-33-34-35-36-37-38-39-40-41-42-43-45-47-49-51-53-55-61(65)62-59(58-69-70(66,67)68-57-56-63(3,4)5)60(64)54-52-50-48-46-44-17-15-13-11-9-7-2/h21-22,44,46,52,54,59-60,64H,6-20,23-43,45,47-51,53,55-58H2,1-5H3,(H-,62,65,66,67)/b22-21-,46-44+,54-52+. The molecule has 2 N–H and O–H groups in total. The van der Waals surface area contributed by atoms with Crippen molar-refractivity contribution < 1.29 is 32.9 Å². The van der Waals surface area contributed by atoms with Gasteiger partial charge in [-0.2, -0.15) is 0 Å². The second kappa shape index (κ2) is 52.6. The number of aliphatic hydroxyl groups is 1. The highest BCUT2D eigenvalue weighted by atomic mass is 31.2. The number of quaternary nitrogens is 1. The Labute approximate surface area is 436 Å². The fraction of sp³-hybridized carbons (Fsp3) is 0.885. The molecular weight excluding hydrogens is 888 g/mol. The summed E-state index contributed by atoms with van der Waals surface area (Å²) in [6, 6.07) is -0.900. The molecule has 0 saturated heterocycles. The number of nitrogens with one attached hydrogen (secondary N) is 1. The van der Waals surface area contributed by atoms with E-state index in [2.05, 4.69) is 43.5 Å². The van der Waals surface area contributed by atoms with Crippen LogP contribution in [0.4, 0.5) is 0 Å². The molecule has 0 heterocycles. The smallest absolute Gasteiger partial charge is 0.268 e. The first-order valence-corrected chi connectivity index (χ1v) is 31.8. The quantitative estimate of drug-likeness (QED) is 0.0272. The predicted molar refractivity (Wildman–Crippen MR) is 302 cm³/mol. The Balaban J connectivity index is 3.86. The lowest BCUT2D eigenvalue weighted by Crippen LogP contribution is -2.45. The highest BCUT2D eigenvalue weighted by Crippen LogP contribution is 2.38. The van der Waals surface area contributed by atoms with E-state index < -0.39 is 20.0 Å². The third-order valence-corrected chi connectivity index (χ3v) is 14.8. The monoisotopic (exact) mass is 1010 g/mol. The molecular formula is C61H119N2O6P. The van der Waals surface area contributed by atoms with Crippen molar-refractivity contribution in [2.45, 2.75) is 309 Å². The molecule has 0 aliphatic carbocycles. The van der Waals surface area contributed by atoms with Gasteiger partial charge in [0.25, 0.3) is 7.82 Å². The van der Waals surface area contributed by atoms with Crippen LogP contribution in [0.3, 0.4) is 0 Å². The first-order chi connectivity index (χ1) is 34.0. The van der Waals surface area contributed by atoms with Crippen LogP contribution in [0, 0.1) is 0 Å². The minimum Gasteiger partial charge on any atom is -0.756 e. The first-order valence-electron chi connectivity index (χ1n) is 30.4. The van der Waals surface area contributed by atoms with Crippen LogP contribution in [0.1, 0.15) is 296 Å². The number of aliphatic hydroxyl groups excluding tert-OH is 1. The zero-order valence-corrected chi connectivity index (χ0v) is 48.1. The fourth-order valence-electron chi connectivity index (χ4n) is 9.05. The van der Waals surface area contributed by atoms with Gasteiger partial charge in [0.15, 0.2) is 0 Å². The maximum Gasteiger partial charge on any atom is 0.268 e. The summed E-state index contributed by atoms with van der Waals surface area (Å²) in [5.41, 5.74) is 0. The molecule has 0 spiro atoms. The number of phosphoric acid groups is 1. The minimum atomic E-state index is -4.60. The molecule has 414 valence electrons. The van der Waals surface area contributed by atoms with Crippen LogP contribution in [0.15, 0.2) is 36.5 Å². The van der Waals surface area contributed by atoms with E-state index in [4.69, 9.17) is 9.05 Å². The summed E-state index contributed by atoms with van der Waals surface area (Å²) < 4.78 is 23.2. The van der Waals surface area contributed by atoms with Gasteiger partial charge in [-0.05, 0) is 57.8 Å². The van der Waals surface area contributed by atoms with Crippen LogP contribution in [0.25, 0.3) is 0 Å². The predicted octanol–water partition coefficient (Wildman–Crippen LogP) is 17.9. The number of hydrogen-bond donors (Lipinski definition) is 2. The van der Waals surface area contributed by atoms with E-state index in [0.717, 1.165) is 38.5 Å². The summed E-state index contributed by atoms with van der Waals surface area (Å²) in [5, 5.41) is 13.8. The number of carbonyl (C=O) groups excluding carboxylic acids is 1. The van der Waals surface area contributed by atoms with Gasteiger partial charge in [0, 0.05) is 6.42 Å². The largest absolute Gasteiger partial charge is 0.756 e. The summed E-state index contributed by atoms with van der Waals surface area (Å²) in [4.78, 5) is 25.4. The number of likely N-dealkylation sites (N-methyl/N-ethyl adjacent to an activating group) is 1. The highest BCUT2D eigenvalue weighted by Gasteiger charge is 2.23. The SMILES string of the molecule is CCCCCCC/C=C/CC/C=C/C(O)C(COP(=O)([O-])OCC[N+](C)(C)C)NC(=O)CCCCCCCCCCCCCCCCCCCCCCCCCCC/C=C\CCCCCCCCCC. The minimum absolute atomic E-state index is 0.00493. The Morgan fingerprint density at radius 1 is 0.486 bits per heavy atom. The van der Waals surface area contributed by atoms with E-state index >= 15 is 0 Å². The van der Waals surface area contributed by atoms with Gasteiger partial charge in [-0.25, -0.2) is 0 Å². The van der Waals surface area contributed by atoms with E-state index in [9.17, 15) is 19.4 Å². The second-order valence-corrected chi connectivity index (χ2v) is 23.5. The maximum absolute atomic E-state index is 12.9. The van der Waals surface area contributed by atoms with Crippen LogP contribution in [-0.4, -0.2) is 68.5 Å². The van der Waals surface area contributed by atoms with Crippen molar-refractivity contribution in [1.29, 1.82) is 0 Å². The molecule has 0 aromatic heterocycles. The second-order valence-electron chi connectivity index (χ2n) is 22.0. The Morgan fingerprint density at radius 2 is 0.800 bits per heavy atom. The molecule has 0 fully saturated rings. The van der Waals surface area contributed by atoms with E-state index in [1.165, 1.54) is 238 Å². The summed E-state index contributed by atoms with van der Waals surface area (Å²) in [7, 11) is 1.25. The molecule has 0 rings (SSSR count). The van der Waals surface area contributed by atoms with Crippen molar-refractivity contribution in [3.05, 3.63) is 36.5 Å². The Bertz CT molecular complexity index is 1230. The van der Waals surface area contributed by atoms with Gasteiger partial charge < -0.3 is 28.8 Å². The molecule has 1 amide bonds. The molecule has 3 atom stereocenters. The third-order valence-electron chi connectivity index (χ3n) is 13.8. The average molecular weight is 1010 g/mol. The van der Waals surface area contributed by atoms with E-state index in [1.807, 2.05) is 27.2 Å². The van der Waals surface area contributed by atoms with Crippen LogP contribution >= 0.6 is 7.82 Å². The number of hydrogen-bond acceptors (Lipinski definition) is 6. The van der Waals surface area contributed by atoms with Crippen LogP contribution in [-0.2, 0) is 18.4 Å². The number of allylic oxidation sites excluding steroid dienone is 5. The molecule has 0 aromatic rings. The number of unbranched alkanes of at least 4 members (excludes halogenated alkanes) is 39. The molecule has 70 heavy (non-hydrogen) atoms. The molecule has 0 saturated carbocycles. The van der Waals surface area contributed by atoms with Gasteiger partial charge in [-0.1, -0.05) is 269 Å². The number of rotatable bonds is 56. The Hall–Kier alpha value is -1.28. The molecule has 0 aliphatic heterocycles. The van der Waals surface area contributed by atoms with Crippen molar-refractivity contribution in [3.8, 4) is 0 Å². The third kappa shape index (κ3) is 54.5. The van der Waals surface area contributed by atoms with Crippen molar-refractivity contribution in [3.63, 3.8) is 0 Å². The van der Waals surface area contributed by atoms with Crippen LogP contribution in [0.5, 0.6) is 0 Å².